The second-order valence-corrected chi connectivity index (χ2v) is 3.88. The minimum atomic E-state index is -0.334. The molecule has 0 fully saturated rings. The lowest BCUT2D eigenvalue weighted by Crippen LogP contribution is -2.03. The number of hydrogen-bond acceptors (Lipinski definition) is 3. The molecule has 3 nitrogen and oxygen atoms in total. The van der Waals surface area contributed by atoms with E-state index in [0.717, 1.165) is 11.3 Å². The minimum Gasteiger partial charge on any atom is -0.465 e. The molecule has 3 heteroatoms. The van der Waals surface area contributed by atoms with Crippen molar-refractivity contribution < 1.29 is 14.3 Å². The number of methoxy groups -OCH3 is 1. The van der Waals surface area contributed by atoms with Gasteiger partial charge in [-0.1, -0.05) is 18.2 Å². The molecule has 0 radical (unpaired) electrons. The highest BCUT2D eigenvalue weighted by Crippen LogP contribution is 2.23. The average Bonchev–Trinajstić information content (AvgIpc) is 2.39. The smallest absolute Gasteiger partial charge is 0.338 e. The van der Waals surface area contributed by atoms with Crippen LogP contribution in [0.2, 0.25) is 0 Å². The zero-order valence-corrected chi connectivity index (χ0v) is 10.3. The first-order valence-electron chi connectivity index (χ1n) is 5.62. The standard InChI is InChI=1S/C15H14O3/c1-11-10-13(8-9-14(11)15(16)17-2)18-12-6-4-3-5-7-12/h3-10H,1-2H3. The first-order valence-corrected chi connectivity index (χ1v) is 5.62. The lowest BCUT2D eigenvalue weighted by atomic mass is 10.1. The summed E-state index contributed by atoms with van der Waals surface area (Å²) in [6.45, 7) is 1.85. The average molecular weight is 242 g/mol. The number of para-hydroxylation sites is 1. The number of carbonyl (C=O) groups is 1. The lowest BCUT2D eigenvalue weighted by Gasteiger charge is -2.08. The van der Waals surface area contributed by atoms with E-state index in [1.807, 2.05) is 43.3 Å². The predicted molar refractivity (Wildman–Crippen MR) is 69.0 cm³/mol. The number of aryl methyl sites for hydroxylation is 1. The Morgan fingerprint density at radius 2 is 1.72 bits per heavy atom. The van der Waals surface area contributed by atoms with Crippen LogP contribution in [-0.2, 0) is 4.74 Å². The third-order valence-electron chi connectivity index (χ3n) is 2.58. The van der Waals surface area contributed by atoms with Gasteiger partial charge in [-0.15, -0.1) is 0 Å². The second kappa shape index (κ2) is 5.36. The topological polar surface area (TPSA) is 35.5 Å². The Morgan fingerprint density at radius 3 is 2.33 bits per heavy atom. The van der Waals surface area contributed by atoms with Gasteiger partial charge in [0.2, 0.25) is 0 Å². The molecule has 0 aromatic heterocycles. The molecule has 0 saturated heterocycles. The quantitative estimate of drug-likeness (QED) is 0.772. The van der Waals surface area contributed by atoms with E-state index in [4.69, 9.17) is 9.47 Å². The molecule has 0 aliphatic heterocycles. The molecular formula is C15H14O3. The van der Waals surface area contributed by atoms with Gasteiger partial charge in [-0.2, -0.15) is 0 Å². The minimum absolute atomic E-state index is 0.334. The van der Waals surface area contributed by atoms with Crippen molar-refractivity contribution in [2.75, 3.05) is 7.11 Å². The van der Waals surface area contributed by atoms with Gasteiger partial charge in [-0.05, 0) is 42.8 Å². The van der Waals surface area contributed by atoms with Crippen molar-refractivity contribution in [2.45, 2.75) is 6.92 Å². The first-order chi connectivity index (χ1) is 8.70. The van der Waals surface area contributed by atoms with Crippen molar-refractivity contribution in [2.24, 2.45) is 0 Å². The summed E-state index contributed by atoms with van der Waals surface area (Å²) in [4.78, 5) is 11.4. The lowest BCUT2D eigenvalue weighted by molar-refractivity contribution is 0.0600. The number of ether oxygens (including phenoxy) is 2. The predicted octanol–water partition coefficient (Wildman–Crippen LogP) is 3.57. The summed E-state index contributed by atoms with van der Waals surface area (Å²) >= 11 is 0. The number of rotatable bonds is 3. The Hall–Kier alpha value is -2.29. The first kappa shape index (κ1) is 12.2. The van der Waals surface area contributed by atoms with Gasteiger partial charge in [0.1, 0.15) is 11.5 Å². The highest BCUT2D eigenvalue weighted by Gasteiger charge is 2.09. The van der Waals surface area contributed by atoms with Crippen LogP contribution in [0.1, 0.15) is 15.9 Å². The molecule has 0 aliphatic rings. The molecule has 18 heavy (non-hydrogen) atoms. The van der Waals surface area contributed by atoms with Crippen LogP contribution in [0.3, 0.4) is 0 Å². The van der Waals surface area contributed by atoms with Crippen molar-refractivity contribution in [3.63, 3.8) is 0 Å². The molecule has 2 rings (SSSR count). The van der Waals surface area contributed by atoms with E-state index in [9.17, 15) is 4.79 Å². The monoisotopic (exact) mass is 242 g/mol. The molecule has 0 bridgehead atoms. The molecule has 92 valence electrons. The van der Waals surface area contributed by atoms with Crippen LogP contribution >= 0.6 is 0 Å². The fraction of sp³-hybridized carbons (Fsp3) is 0.133. The Balaban J connectivity index is 2.22. The van der Waals surface area contributed by atoms with Crippen molar-refractivity contribution in [1.29, 1.82) is 0 Å². The highest BCUT2D eigenvalue weighted by molar-refractivity contribution is 5.91. The molecule has 0 amide bonds. The van der Waals surface area contributed by atoms with E-state index >= 15 is 0 Å². The maximum Gasteiger partial charge on any atom is 0.338 e. The van der Waals surface area contributed by atoms with Gasteiger partial charge >= 0.3 is 5.97 Å². The van der Waals surface area contributed by atoms with E-state index in [1.54, 1.807) is 12.1 Å². The molecule has 2 aromatic rings. The van der Waals surface area contributed by atoms with Crippen molar-refractivity contribution in [3.05, 3.63) is 59.7 Å². The third kappa shape index (κ3) is 2.69. The van der Waals surface area contributed by atoms with Gasteiger partial charge in [0.15, 0.2) is 0 Å². The largest absolute Gasteiger partial charge is 0.465 e. The Bertz CT molecular complexity index is 547. The maximum atomic E-state index is 11.4. The van der Waals surface area contributed by atoms with Gasteiger partial charge in [-0.25, -0.2) is 4.79 Å². The summed E-state index contributed by atoms with van der Waals surface area (Å²) in [6, 6.07) is 14.8. The SMILES string of the molecule is COC(=O)c1ccc(Oc2ccccc2)cc1C. The summed E-state index contributed by atoms with van der Waals surface area (Å²) in [5, 5.41) is 0. The molecule has 0 N–H and O–H groups in total. The van der Waals surface area contributed by atoms with Crippen molar-refractivity contribution >= 4 is 5.97 Å². The van der Waals surface area contributed by atoms with Crippen molar-refractivity contribution in [1.82, 2.24) is 0 Å². The normalized spacial score (nSPS) is 9.89. The summed E-state index contributed by atoms with van der Waals surface area (Å²) in [6.07, 6.45) is 0. The molecule has 0 saturated carbocycles. The number of benzene rings is 2. The second-order valence-electron chi connectivity index (χ2n) is 3.88. The van der Waals surface area contributed by atoms with E-state index in [1.165, 1.54) is 7.11 Å². The Morgan fingerprint density at radius 1 is 1.00 bits per heavy atom. The molecule has 0 aliphatic carbocycles. The highest BCUT2D eigenvalue weighted by atomic mass is 16.5. The third-order valence-corrected chi connectivity index (χ3v) is 2.58. The van der Waals surface area contributed by atoms with Crippen molar-refractivity contribution in [3.8, 4) is 11.5 Å². The fourth-order valence-corrected chi connectivity index (χ4v) is 1.66. The van der Waals surface area contributed by atoms with Gasteiger partial charge in [0.05, 0.1) is 12.7 Å². The number of hydrogen-bond donors (Lipinski definition) is 0. The molecule has 0 atom stereocenters. The summed E-state index contributed by atoms with van der Waals surface area (Å²) in [5.74, 6) is 1.13. The zero-order chi connectivity index (χ0) is 13.0. The summed E-state index contributed by atoms with van der Waals surface area (Å²) in [7, 11) is 1.37. The molecule has 0 spiro atoms. The molecule has 0 heterocycles. The van der Waals surface area contributed by atoms with Crippen LogP contribution in [0.15, 0.2) is 48.5 Å². The molecule has 2 aromatic carbocycles. The van der Waals surface area contributed by atoms with Crippen LogP contribution in [-0.4, -0.2) is 13.1 Å². The van der Waals surface area contributed by atoms with Gasteiger partial charge in [-0.3, -0.25) is 0 Å². The van der Waals surface area contributed by atoms with Crippen LogP contribution in [0.4, 0.5) is 0 Å². The Kier molecular flexibility index (Phi) is 3.63. The van der Waals surface area contributed by atoms with Crippen LogP contribution < -0.4 is 4.74 Å². The summed E-state index contributed by atoms with van der Waals surface area (Å²) in [5.41, 5.74) is 1.38. The Labute approximate surface area is 106 Å². The van der Waals surface area contributed by atoms with E-state index < -0.39 is 0 Å². The van der Waals surface area contributed by atoms with Crippen LogP contribution in [0, 0.1) is 6.92 Å². The zero-order valence-electron chi connectivity index (χ0n) is 10.3. The summed E-state index contributed by atoms with van der Waals surface area (Å²) < 4.78 is 10.4. The number of carbonyl (C=O) groups excluding carboxylic acids is 1. The van der Waals surface area contributed by atoms with E-state index in [2.05, 4.69) is 0 Å². The fourth-order valence-electron chi connectivity index (χ4n) is 1.66. The van der Waals surface area contributed by atoms with E-state index in [-0.39, 0.29) is 5.97 Å². The molecule has 0 unspecified atom stereocenters. The molecular weight excluding hydrogens is 228 g/mol. The number of esters is 1. The van der Waals surface area contributed by atoms with Crippen LogP contribution in [0.25, 0.3) is 0 Å². The van der Waals surface area contributed by atoms with Gasteiger partial charge in [0, 0.05) is 0 Å². The van der Waals surface area contributed by atoms with Crippen LogP contribution in [0.5, 0.6) is 11.5 Å². The van der Waals surface area contributed by atoms with Gasteiger partial charge in [0.25, 0.3) is 0 Å². The van der Waals surface area contributed by atoms with E-state index in [0.29, 0.717) is 11.3 Å². The maximum absolute atomic E-state index is 11.4. The van der Waals surface area contributed by atoms with Gasteiger partial charge < -0.3 is 9.47 Å².